The molecule has 1 aliphatic rings. The molecule has 0 aromatic heterocycles. The van der Waals surface area contributed by atoms with Crippen molar-refractivity contribution in [2.45, 2.75) is 32.1 Å². The molecular formula is C13H19NO2. The minimum atomic E-state index is -0.00481. The summed E-state index contributed by atoms with van der Waals surface area (Å²) in [5.74, 6) is 0.864. The van der Waals surface area contributed by atoms with Crippen LogP contribution in [-0.4, -0.2) is 18.8 Å². The van der Waals surface area contributed by atoms with Crippen LogP contribution in [0, 0.1) is 13.8 Å². The molecule has 0 radical (unpaired) electrons. The molecule has 3 heteroatoms. The number of phenolic OH excluding ortho intramolecular Hbond substituents is 1. The van der Waals surface area contributed by atoms with Gasteiger partial charge in [-0.1, -0.05) is 6.07 Å². The van der Waals surface area contributed by atoms with E-state index in [0.29, 0.717) is 12.3 Å². The van der Waals surface area contributed by atoms with Crippen molar-refractivity contribution in [1.29, 1.82) is 0 Å². The number of benzene rings is 1. The third-order valence-corrected chi connectivity index (χ3v) is 3.62. The molecule has 88 valence electrons. The molecule has 0 unspecified atom stereocenters. The number of aryl methyl sites for hydroxylation is 2. The molecule has 0 amide bonds. The van der Waals surface area contributed by atoms with Gasteiger partial charge in [-0.3, -0.25) is 0 Å². The monoisotopic (exact) mass is 221 g/mol. The average molecular weight is 221 g/mol. The third kappa shape index (κ3) is 1.47. The Morgan fingerprint density at radius 1 is 1.38 bits per heavy atom. The zero-order valence-electron chi connectivity index (χ0n) is 10.1. The second-order valence-electron chi connectivity index (χ2n) is 4.75. The van der Waals surface area contributed by atoms with Gasteiger partial charge in [-0.05, 0) is 37.8 Å². The van der Waals surface area contributed by atoms with Crippen LogP contribution in [0.1, 0.15) is 29.5 Å². The van der Waals surface area contributed by atoms with Crippen LogP contribution in [0.15, 0.2) is 6.07 Å². The van der Waals surface area contributed by atoms with Gasteiger partial charge >= 0.3 is 0 Å². The summed E-state index contributed by atoms with van der Waals surface area (Å²) >= 11 is 0. The standard InChI is InChI=1S/C13H19NO2/c1-8-6-9(2)12(16-3)11(15)10(8)13(7-14)4-5-13/h6,15H,4-5,7,14H2,1-3H3. The molecular weight excluding hydrogens is 202 g/mol. The fourth-order valence-corrected chi connectivity index (χ4v) is 2.58. The van der Waals surface area contributed by atoms with Crippen molar-refractivity contribution >= 4 is 0 Å². The largest absolute Gasteiger partial charge is 0.504 e. The molecule has 3 N–H and O–H groups in total. The Morgan fingerprint density at radius 2 is 2.00 bits per heavy atom. The lowest BCUT2D eigenvalue weighted by Gasteiger charge is -2.20. The molecule has 0 heterocycles. The molecule has 3 nitrogen and oxygen atoms in total. The van der Waals surface area contributed by atoms with Gasteiger partial charge in [0.2, 0.25) is 0 Å². The zero-order chi connectivity index (χ0) is 11.9. The summed E-state index contributed by atoms with van der Waals surface area (Å²) in [6.07, 6.45) is 2.12. The van der Waals surface area contributed by atoms with E-state index in [1.54, 1.807) is 7.11 Å². The fourth-order valence-electron chi connectivity index (χ4n) is 2.58. The Kier molecular flexibility index (Phi) is 2.58. The second-order valence-corrected chi connectivity index (χ2v) is 4.75. The van der Waals surface area contributed by atoms with Crippen molar-refractivity contribution < 1.29 is 9.84 Å². The topological polar surface area (TPSA) is 55.5 Å². The first-order valence-corrected chi connectivity index (χ1v) is 5.63. The van der Waals surface area contributed by atoms with Crippen molar-refractivity contribution in [1.82, 2.24) is 0 Å². The van der Waals surface area contributed by atoms with E-state index in [1.807, 2.05) is 13.8 Å². The summed E-state index contributed by atoms with van der Waals surface area (Å²) in [6, 6.07) is 2.06. The Morgan fingerprint density at radius 3 is 2.44 bits per heavy atom. The highest BCUT2D eigenvalue weighted by molar-refractivity contribution is 5.58. The van der Waals surface area contributed by atoms with Gasteiger partial charge in [-0.25, -0.2) is 0 Å². The molecule has 16 heavy (non-hydrogen) atoms. The number of hydrogen-bond donors (Lipinski definition) is 2. The summed E-state index contributed by atoms with van der Waals surface area (Å²) < 4.78 is 5.25. The van der Waals surface area contributed by atoms with Crippen molar-refractivity contribution in [3.63, 3.8) is 0 Å². The van der Waals surface area contributed by atoms with Crippen LogP contribution in [0.25, 0.3) is 0 Å². The highest BCUT2D eigenvalue weighted by atomic mass is 16.5. The Hall–Kier alpha value is -1.22. The summed E-state index contributed by atoms with van der Waals surface area (Å²) in [5.41, 5.74) is 8.87. The molecule has 1 aliphatic carbocycles. The van der Waals surface area contributed by atoms with E-state index in [4.69, 9.17) is 10.5 Å². The highest BCUT2D eigenvalue weighted by Crippen LogP contribution is 2.54. The van der Waals surface area contributed by atoms with Gasteiger partial charge in [0.15, 0.2) is 11.5 Å². The van der Waals surface area contributed by atoms with Crippen LogP contribution in [0.5, 0.6) is 11.5 Å². The van der Waals surface area contributed by atoms with E-state index in [2.05, 4.69) is 6.07 Å². The second kappa shape index (κ2) is 3.67. The number of ether oxygens (including phenoxy) is 1. The molecule has 1 aromatic carbocycles. The lowest BCUT2D eigenvalue weighted by Crippen LogP contribution is -2.21. The molecule has 1 fully saturated rings. The first-order valence-electron chi connectivity index (χ1n) is 5.63. The number of aromatic hydroxyl groups is 1. The number of nitrogens with two attached hydrogens (primary N) is 1. The minimum absolute atomic E-state index is 0.00481. The van der Waals surface area contributed by atoms with E-state index in [-0.39, 0.29) is 11.2 Å². The highest BCUT2D eigenvalue weighted by Gasteiger charge is 2.46. The SMILES string of the molecule is COc1c(C)cc(C)c(C2(CN)CC2)c1O. The Balaban J connectivity index is 2.61. The van der Waals surface area contributed by atoms with Crippen LogP contribution in [0.4, 0.5) is 0 Å². The molecule has 0 aliphatic heterocycles. The maximum Gasteiger partial charge on any atom is 0.163 e. The van der Waals surface area contributed by atoms with Gasteiger partial charge in [0.25, 0.3) is 0 Å². The molecule has 1 saturated carbocycles. The lowest BCUT2D eigenvalue weighted by atomic mass is 9.89. The predicted molar refractivity (Wildman–Crippen MR) is 64.1 cm³/mol. The normalized spacial score (nSPS) is 17.2. The van der Waals surface area contributed by atoms with Crippen LogP contribution in [0.2, 0.25) is 0 Å². The third-order valence-electron chi connectivity index (χ3n) is 3.62. The van der Waals surface area contributed by atoms with Gasteiger partial charge in [0.05, 0.1) is 7.11 Å². The molecule has 0 bridgehead atoms. The minimum Gasteiger partial charge on any atom is -0.504 e. The van der Waals surface area contributed by atoms with Gasteiger partial charge in [0.1, 0.15) is 0 Å². The predicted octanol–water partition coefficient (Wildman–Crippen LogP) is 2.01. The number of methoxy groups -OCH3 is 1. The summed E-state index contributed by atoms with van der Waals surface area (Å²) in [5, 5.41) is 10.3. The summed E-state index contributed by atoms with van der Waals surface area (Å²) in [4.78, 5) is 0. The first kappa shape index (κ1) is 11.3. The zero-order valence-corrected chi connectivity index (χ0v) is 10.1. The van der Waals surface area contributed by atoms with Gasteiger partial charge in [0, 0.05) is 17.5 Å². The molecule has 2 rings (SSSR count). The number of rotatable bonds is 3. The first-order chi connectivity index (χ1) is 7.55. The van der Waals surface area contributed by atoms with E-state index >= 15 is 0 Å². The van der Waals surface area contributed by atoms with Crippen LogP contribution in [-0.2, 0) is 5.41 Å². The van der Waals surface area contributed by atoms with Crippen LogP contribution < -0.4 is 10.5 Å². The van der Waals surface area contributed by atoms with E-state index in [9.17, 15) is 5.11 Å². The van der Waals surface area contributed by atoms with E-state index < -0.39 is 0 Å². The van der Waals surface area contributed by atoms with Crippen molar-refractivity contribution in [2.24, 2.45) is 5.73 Å². The molecule has 1 aromatic rings. The Labute approximate surface area is 96.2 Å². The lowest BCUT2D eigenvalue weighted by molar-refractivity contribution is 0.364. The van der Waals surface area contributed by atoms with Crippen molar-refractivity contribution in [2.75, 3.05) is 13.7 Å². The van der Waals surface area contributed by atoms with Crippen molar-refractivity contribution in [3.8, 4) is 11.5 Å². The maximum atomic E-state index is 10.3. The molecule has 0 saturated heterocycles. The average Bonchev–Trinajstić information content (AvgIpc) is 2.98. The van der Waals surface area contributed by atoms with Gasteiger partial charge in [-0.2, -0.15) is 0 Å². The fraction of sp³-hybridized carbons (Fsp3) is 0.538. The van der Waals surface area contributed by atoms with Gasteiger partial charge < -0.3 is 15.6 Å². The van der Waals surface area contributed by atoms with Crippen molar-refractivity contribution in [3.05, 3.63) is 22.8 Å². The van der Waals surface area contributed by atoms with Gasteiger partial charge in [-0.15, -0.1) is 0 Å². The summed E-state index contributed by atoms with van der Waals surface area (Å²) in [6.45, 7) is 4.56. The molecule has 0 atom stereocenters. The quantitative estimate of drug-likeness (QED) is 0.821. The maximum absolute atomic E-state index is 10.3. The smallest absolute Gasteiger partial charge is 0.163 e. The van der Waals surface area contributed by atoms with Crippen LogP contribution >= 0.6 is 0 Å². The van der Waals surface area contributed by atoms with E-state index in [0.717, 1.165) is 29.5 Å². The summed E-state index contributed by atoms with van der Waals surface area (Å²) in [7, 11) is 1.59. The van der Waals surface area contributed by atoms with Crippen LogP contribution in [0.3, 0.4) is 0 Å². The number of phenols is 1. The van der Waals surface area contributed by atoms with E-state index in [1.165, 1.54) is 0 Å². The molecule has 0 spiro atoms. The Bertz CT molecular complexity index is 422. The number of hydrogen-bond acceptors (Lipinski definition) is 3.